The highest BCUT2D eigenvalue weighted by Gasteiger charge is 2.11. The Labute approximate surface area is 120 Å². The highest BCUT2D eigenvalue weighted by molar-refractivity contribution is 5.76. The molecule has 0 aliphatic rings. The van der Waals surface area contributed by atoms with Crippen LogP contribution in [0.5, 0.6) is 0 Å². The van der Waals surface area contributed by atoms with Crippen molar-refractivity contribution >= 4 is 5.91 Å². The second-order valence-corrected chi connectivity index (χ2v) is 4.88. The van der Waals surface area contributed by atoms with Crippen LogP contribution in [0, 0.1) is 0 Å². The van der Waals surface area contributed by atoms with Crippen LogP contribution in [0.2, 0.25) is 0 Å². The van der Waals surface area contributed by atoms with E-state index in [-0.39, 0.29) is 18.5 Å². The Hall–Kier alpha value is -2.57. The lowest BCUT2D eigenvalue weighted by Crippen LogP contribution is -2.42. The zero-order chi connectivity index (χ0) is 15.4. The lowest BCUT2D eigenvalue weighted by molar-refractivity contribution is -0.122. The molecule has 21 heavy (non-hydrogen) atoms. The molecular weight excluding hydrogens is 274 g/mol. The summed E-state index contributed by atoms with van der Waals surface area (Å²) in [4.78, 5) is 35.0. The number of nitrogens with one attached hydrogen (secondary N) is 1. The maximum Gasteiger partial charge on any atom is 0.331 e. The summed E-state index contributed by atoms with van der Waals surface area (Å²) in [6, 6.07) is 4.75. The summed E-state index contributed by atoms with van der Waals surface area (Å²) in [6.07, 6.45) is 3.47. The molecule has 1 atom stereocenters. The van der Waals surface area contributed by atoms with Gasteiger partial charge in [-0.2, -0.15) is 0 Å². The molecule has 2 aromatic rings. The van der Waals surface area contributed by atoms with Crippen molar-refractivity contribution in [2.75, 3.05) is 0 Å². The number of carbonyl (C=O) groups excluding carboxylic acids is 1. The van der Waals surface area contributed by atoms with Crippen LogP contribution in [0.1, 0.15) is 12.7 Å². The Morgan fingerprint density at radius 3 is 2.81 bits per heavy atom. The van der Waals surface area contributed by atoms with Gasteiger partial charge in [-0.05, 0) is 19.1 Å². The predicted molar refractivity (Wildman–Crippen MR) is 76.0 cm³/mol. The summed E-state index contributed by atoms with van der Waals surface area (Å²) in [5.41, 5.74) is -0.917. The van der Waals surface area contributed by atoms with Crippen molar-refractivity contribution in [3.63, 3.8) is 0 Å². The molecule has 0 saturated carbocycles. The molecule has 0 saturated heterocycles. The molecule has 1 N–H and O–H groups in total. The zero-order valence-corrected chi connectivity index (χ0v) is 11.9. The Balaban J connectivity index is 1.97. The number of amides is 1. The number of furan rings is 1. The minimum atomic E-state index is -0.517. The van der Waals surface area contributed by atoms with Gasteiger partial charge >= 0.3 is 5.69 Å². The van der Waals surface area contributed by atoms with E-state index >= 15 is 0 Å². The first-order valence-electron chi connectivity index (χ1n) is 6.55. The molecule has 7 heteroatoms. The maximum absolute atomic E-state index is 11.9. The number of rotatable bonds is 5. The van der Waals surface area contributed by atoms with Gasteiger partial charge in [0.05, 0.1) is 6.26 Å². The van der Waals surface area contributed by atoms with Crippen molar-refractivity contribution < 1.29 is 9.21 Å². The average Bonchev–Trinajstić information content (AvgIpc) is 2.92. The van der Waals surface area contributed by atoms with Gasteiger partial charge in [-0.1, -0.05) is 0 Å². The van der Waals surface area contributed by atoms with Crippen LogP contribution in [0.15, 0.2) is 44.7 Å². The van der Waals surface area contributed by atoms with E-state index in [1.54, 1.807) is 12.3 Å². The highest BCUT2D eigenvalue weighted by Crippen LogP contribution is 2.03. The molecule has 0 spiro atoms. The normalized spacial score (nSPS) is 12.1. The van der Waals surface area contributed by atoms with Crippen molar-refractivity contribution in [2.24, 2.45) is 7.05 Å². The van der Waals surface area contributed by atoms with Crippen LogP contribution in [-0.4, -0.2) is 21.1 Å². The first-order valence-corrected chi connectivity index (χ1v) is 6.55. The molecule has 0 unspecified atom stereocenters. The fourth-order valence-corrected chi connectivity index (χ4v) is 1.99. The molecule has 0 bridgehead atoms. The highest BCUT2D eigenvalue weighted by atomic mass is 16.3. The van der Waals surface area contributed by atoms with E-state index in [1.807, 2.05) is 13.0 Å². The van der Waals surface area contributed by atoms with E-state index in [1.165, 1.54) is 23.9 Å². The fourth-order valence-electron chi connectivity index (χ4n) is 1.99. The van der Waals surface area contributed by atoms with Crippen molar-refractivity contribution in [2.45, 2.75) is 25.9 Å². The van der Waals surface area contributed by atoms with E-state index in [0.717, 1.165) is 10.3 Å². The molecule has 1 amide bonds. The van der Waals surface area contributed by atoms with Gasteiger partial charge in [0.25, 0.3) is 5.56 Å². The number of hydrogen-bond donors (Lipinski definition) is 1. The first-order chi connectivity index (χ1) is 9.97. The largest absolute Gasteiger partial charge is 0.469 e. The van der Waals surface area contributed by atoms with Crippen molar-refractivity contribution in [1.82, 2.24) is 14.5 Å². The minimum absolute atomic E-state index is 0.119. The third kappa shape index (κ3) is 3.71. The third-order valence-electron chi connectivity index (χ3n) is 3.07. The second-order valence-electron chi connectivity index (χ2n) is 4.88. The van der Waals surface area contributed by atoms with Crippen LogP contribution in [0.4, 0.5) is 0 Å². The Morgan fingerprint density at radius 1 is 1.38 bits per heavy atom. The van der Waals surface area contributed by atoms with E-state index in [4.69, 9.17) is 4.42 Å². The van der Waals surface area contributed by atoms with Gasteiger partial charge in [0.15, 0.2) is 0 Å². The molecule has 0 radical (unpaired) electrons. The molecule has 0 aliphatic carbocycles. The SMILES string of the molecule is C[C@@H](Cc1ccco1)NC(=O)Cn1ccc(=O)n(C)c1=O. The summed E-state index contributed by atoms with van der Waals surface area (Å²) >= 11 is 0. The number of hydrogen-bond acceptors (Lipinski definition) is 4. The van der Waals surface area contributed by atoms with Gasteiger partial charge in [0.2, 0.25) is 5.91 Å². The topological polar surface area (TPSA) is 86.2 Å². The van der Waals surface area contributed by atoms with Crippen molar-refractivity contribution in [3.05, 3.63) is 57.3 Å². The molecule has 0 aromatic carbocycles. The van der Waals surface area contributed by atoms with E-state index in [2.05, 4.69) is 5.32 Å². The van der Waals surface area contributed by atoms with Crippen LogP contribution < -0.4 is 16.6 Å². The molecule has 2 aromatic heterocycles. The zero-order valence-electron chi connectivity index (χ0n) is 11.9. The van der Waals surface area contributed by atoms with Crippen molar-refractivity contribution in [3.8, 4) is 0 Å². The van der Waals surface area contributed by atoms with Gasteiger partial charge in [-0.15, -0.1) is 0 Å². The minimum Gasteiger partial charge on any atom is -0.469 e. The number of carbonyl (C=O) groups is 1. The summed E-state index contributed by atoms with van der Waals surface area (Å²) in [5, 5.41) is 2.78. The van der Waals surface area contributed by atoms with Gasteiger partial charge in [-0.25, -0.2) is 4.79 Å². The number of nitrogens with zero attached hydrogens (tertiary/aromatic N) is 2. The molecule has 0 fully saturated rings. The fraction of sp³-hybridized carbons (Fsp3) is 0.357. The summed E-state index contributed by atoms with van der Waals surface area (Å²) < 4.78 is 7.36. The monoisotopic (exact) mass is 291 g/mol. The summed E-state index contributed by atoms with van der Waals surface area (Å²) in [7, 11) is 1.37. The van der Waals surface area contributed by atoms with Crippen LogP contribution in [-0.2, 0) is 24.8 Å². The van der Waals surface area contributed by atoms with Crippen LogP contribution >= 0.6 is 0 Å². The van der Waals surface area contributed by atoms with Gasteiger partial charge < -0.3 is 9.73 Å². The smallest absolute Gasteiger partial charge is 0.331 e. The standard InChI is InChI=1S/C14H17N3O4/c1-10(8-11-4-3-7-21-11)15-12(18)9-17-6-5-13(19)16(2)14(17)20/h3-7,10H,8-9H2,1-2H3,(H,15,18)/t10-/m0/s1. The average molecular weight is 291 g/mol. The molecule has 7 nitrogen and oxygen atoms in total. The first kappa shape index (κ1) is 14.8. The van der Waals surface area contributed by atoms with Crippen LogP contribution in [0.25, 0.3) is 0 Å². The molecule has 2 heterocycles. The maximum atomic E-state index is 11.9. The van der Waals surface area contributed by atoms with E-state index < -0.39 is 11.2 Å². The van der Waals surface area contributed by atoms with Crippen LogP contribution in [0.3, 0.4) is 0 Å². The second kappa shape index (κ2) is 6.25. The van der Waals surface area contributed by atoms with Crippen molar-refractivity contribution in [1.29, 1.82) is 0 Å². The quantitative estimate of drug-likeness (QED) is 0.832. The lowest BCUT2D eigenvalue weighted by atomic mass is 10.2. The Kier molecular flexibility index (Phi) is 4.42. The van der Waals surface area contributed by atoms with Gasteiger partial charge in [0.1, 0.15) is 12.3 Å². The molecule has 112 valence electrons. The predicted octanol–water partition coefficient (Wildman–Crippen LogP) is -0.113. The Bertz CT molecular complexity index is 727. The third-order valence-corrected chi connectivity index (χ3v) is 3.07. The van der Waals surface area contributed by atoms with Gasteiger partial charge in [-0.3, -0.25) is 18.7 Å². The van der Waals surface area contributed by atoms with Gasteiger partial charge in [0, 0.05) is 31.8 Å². The van der Waals surface area contributed by atoms with E-state index in [0.29, 0.717) is 6.42 Å². The summed E-state index contributed by atoms with van der Waals surface area (Å²) in [5.74, 6) is 0.483. The molecular formula is C14H17N3O4. The Morgan fingerprint density at radius 2 is 2.14 bits per heavy atom. The van der Waals surface area contributed by atoms with E-state index in [9.17, 15) is 14.4 Å². The lowest BCUT2D eigenvalue weighted by Gasteiger charge is -2.13. The summed E-state index contributed by atoms with van der Waals surface area (Å²) in [6.45, 7) is 1.72. The molecule has 2 rings (SSSR count). The number of aromatic nitrogens is 2. The molecule has 0 aliphatic heterocycles.